The molecule has 0 bridgehead atoms. The minimum Gasteiger partial charge on any atom is -0.396 e. The molecular formula is C14H12BrFN2OS. The van der Waals surface area contributed by atoms with Gasteiger partial charge in [-0.1, -0.05) is 0 Å². The number of hydrogen-bond acceptors (Lipinski definition) is 3. The summed E-state index contributed by atoms with van der Waals surface area (Å²) in [4.78, 5) is 15.6. The van der Waals surface area contributed by atoms with Crippen molar-refractivity contribution >= 4 is 38.9 Å². The lowest BCUT2D eigenvalue weighted by atomic mass is 10.1. The zero-order chi connectivity index (χ0) is 14.3. The highest BCUT2D eigenvalue weighted by Crippen LogP contribution is 2.28. The zero-order valence-electron chi connectivity index (χ0n) is 10.5. The molecule has 0 saturated carbocycles. The molecule has 2 aromatic rings. The van der Waals surface area contributed by atoms with Gasteiger partial charge in [-0.2, -0.15) is 0 Å². The van der Waals surface area contributed by atoms with E-state index in [1.165, 1.54) is 22.6 Å². The minimum absolute atomic E-state index is 0.00946. The summed E-state index contributed by atoms with van der Waals surface area (Å²) in [7, 11) is 0. The maximum atomic E-state index is 13.3. The molecule has 20 heavy (non-hydrogen) atoms. The van der Waals surface area contributed by atoms with Gasteiger partial charge in [-0.15, -0.1) is 11.3 Å². The van der Waals surface area contributed by atoms with Crippen molar-refractivity contribution in [3.8, 4) is 0 Å². The van der Waals surface area contributed by atoms with Crippen LogP contribution in [0.1, 0.15) is 20.8 Å². The normalized spacial score (nSPS) is 14.2. The lowest BCUT2D eigenvalue weighted by molar-refractivity contribution is 0.0735. The number of nitrogen functional groups attached to an aromatic ring is 1. The molecule has 0 saturated heterocycles. The van der Waals surface area contributed by atoms with Crippen molar-refractivity contribution in [1.29, 1.82) is 0 Å². The lowest BCUT2D eigenvalue weighted by Crippen LogP contribution is -2.35. The predicted octanol–water partition coefficient (Wildman–Crippen LogP) is 3.43. The fourth-order valence-corrected chi connectivity index (χ4v) is 3.70. The molecule has 1 aliphatic heterocycles. The number of anilines is 1. The Bertz CT molecular complexity index is 686. The van der Waals surface area contributed by atoms with Crippen LogP contribution in [0.5, 0.6) is 0 Å². The second kappa shape index (κ2) is 5.18. The van der Waals surface area contributed by atoms with Crippen LogP contribution >= 0.6 is 27.3 Å². The van der Waals surface area contributed by atoms with E-state index in [0.29, 0.717) is 23.1 Å². The third-order valence-electron chi connectivity index (χ3n) is 3.41. The third-order valence-corrected chi connectivity index (χ3v) is 5.09. The van der Waals surface area contributed by atoms with Gasteiger partial charge in [-0.25, -0.2) is 4.39 Å². The number of carbonyl (C=O) groups excluding carboxylic acids is 1. The second-order valence-electron chi connectivity index (χ2n) is 4.70. The van der Waals surface area contributed by atoms with E-state index in [1.807, 2.05) is 11.4 Å². The van der Waals surface area contributed by atoms with Crippen LogP contribution in [-0.2, 0) is 13.0 Å². The summed E-state index contributed by atoms with van der Waals surface area (Å²) in [6.45, 7) is 1.28. The van der Waals surface area contributed by atoms with Crippen LogP contribution in [0.4, 0.5) is 10.1 Å². The van der Waals surface area contributed by atoms with Gasteiger partial charge in [0.25, 0.3) is 5.91 Å². The van der Waals surface area contributed by atoms with Crippen molar-refractivity contribution in [2.24, 2.45) is 0 Å². The molecule has 1 aromatic carbocycles. The maximum Gasteiger partial charge on any atom is 0.255 e. The fourth-order valence-electron chi connectivity index (χ4n) is 2.32. The topological polar surface area (TPSA) is 46.3 Å². The highest BCUT2D eigenvalue weighted by Gasteiger charge is 2.24. The number of fused-ring (bicyclic) bond motifs is 1. The van der Waals surface area contributed by atoms with Gasteiger partial charge in [-0.3, -0.25) is 4.79 Å². The fraction of sp³-hybridized carbons (Fsp3) is 0.214. The summed E-state index contributed by atoms with van der Waals surface area (Å²) in [6, 6.07) is 4.68. The van der Waals surface area contributed by atoms with Crippen molar-refractivity contribution in [1.82, 2.24) is 4.90 Å². The van der Waals surface area contributed by atoms with Crippen LogP contribution in [0.15, 0.2) is 28.1 Å². The van der Waals surface area contributed by atoms with Crippen LogP contribution < -0.4 is 5.73 Å². The van der Waals surface area contributed by atoms with Crippen molar-refractivity contribution in [2.75, 3.05) is 12.3 Å². The molecule has 0 fully saturated rings. The molecule has 104 valence electrons. The first-order valence-electron chi connectivity index (χ1n) is 6.15. The number of nitrogens with zero attached hydrogens (tertiary/aromatic N) is 1. The number of halogens is 2. The highest BCUT2D eigenvalue weighted by molar-refractivity contribution is 9.10. The van der Waals surface area contributed by atoms with Gasteiger partial charge in [0.15, 0.2) is 0 Å². The molecule has 2 N–H and O–H groups in total. The number of carbonyl (C=O) groups is 1. The molecule has 1 aromatic heterocycles. The molecule has 0 spiro atoms. The Kier molecular flexibility index (Phi) is 3.52. The van der Waals surface area contributed by atoms with E-state index in [9.17, 15) is 9.18 Å². The van der Waals surface area contributed by atoms with Crippen LogP contribution in [0.2, 0.25) is 0 Å². The Morgan fingerprint density at radius 2 is 2.25 bits per heavy atom. The standard InChI is InChI=1S/C14H12BrFN2OS/c15-10-6-11(16)12(17)5-9(10)14(19)18-3-1-13-8(7-18)2-4-20-13/h2,4-6H,1,3,7,17H2. The number of rotatable bonds is 1. The summed E-state index contributed by atoms with van der Waals surface area (Å²) >= 11 is 4.96. The number of hydrogen-bond donors (Lipinski definition) is 1. The van der Waals surface area contributed by atoms with Gasteiger partial charge in [0.2, 0.25) is 0 Å². The van der Waals surface area contributed by atoms with Gasteiger partial charge in [0.05, 0.1) is 11.3 Å². The quantitative estimate of drug-likeness (QED) is 0.797. The molecule has 0 radical (unpaired) electrons. The molecular weight excluding hydrogens is 343 g/mol. The van der Waals surface area contributed by atoms with Crippen molar-refractivity contribution < 1.29 is 9.18 Å². The number of nitrogens with two attached hydrogens (primary N) is 1. The molecule has 1 aliphatic rings. The van der Waals surface area contributed by atoms with E-state index in [1.54, 1.807) is 16.2 Å². The average molecular weight is 355 g/mol. The molecule has 6 heteroatoms. The molecule has 0 unspecified atom stereocenters. The van der Waals surface area contributed by atoms with Crippen molar-refractivity contribution in [3.05, 3.63) is 49.9 Å². The van der Waals surface area contributed by atoms with E-state index < -0.39 is 5.82 Å². The van der Waals surface area contributed by atoms with Crippen LogP contribution in [0, 0.1) is 5.82 Å². The Morgan fingerprint density at radius 3 is 3.05 bits per heavy atom. The van der Waals surface area contributed by atoms with Crippen LogP contribution in [-0.4, -0.2) is 17.4 Å². The average Bonchev–Trinajstić information content (AvgIpc) is 2.89. The number of amides is 1. The SMILES string of the molecule is Nc1cc(C(=O)N2CCc3sccc3C2)c(Br)cc1F. The van der Waals surface area contributed by atoms with Gasteiger partial charge < -0.3 is 10.6 Å². The van der Waals surface area contributed by atoms with Gasteiger partial charge in [0.1, 0.15) is 5.82 Å². The highest BCUT2D eigenvalue weighted by atomic mass is 79.9. The van der Waals surface area contributed by atoms with Gasteiger partial charge in [0, 0.05) is 22.4 Å². The third kappa shape index (κ3) is 2.33. The maximum absolute atomic E-state index is 13.3. The minimum atomic E-state index is -0.521. The summed E-state index contributed by atoms with van der Waals surface area (Å²) in [5.74, 6) is -0.646. The first kappa shape index (κ1) is 13.6. The molecule has 0 atom stereocenters. The second-order valence-corrected chi connectivity index (χ2v) is 6.55. The van der Waals surface area contributed by atoms with E-state index in [2.05, 4.69) is 15.9 Å². The van der Waals surface area contributed by atoms with Crippen molar-refractivity contribution in [3.63, 3.8) is 0 Å². The lowest BCUT2D eigenvalue weighted by Gasteiger charge is -2.27. The molecule has 2 heterocycles. The van der Waals surface area contributed by atoms with E-state index >= 15 is 0 Å². The first-order valence-corrected chi connectivity index (χ1v) is 7.82. The van der Waals surface area contributed by atoms with Crippen molar-refractivity contribution in [2.45, 2.75) is 13.0 Å². The monoisotopic (exact) mass is 354 g/mol. The Hall–Kier alpha value is -1.40. The van der Waals surface area contributed by atoms with E-state index in [-0.39, 0.29) is 11.6 Å². The summed E-state index contributed by atoms with van der Waals surface area (Å²) < 4.78 is 13.8. The molecule has 0 aliphatic carbocycles. The Morgan fingerprint density at radius 1 is 1.45 bits per heavy atom. The van der Waals surface area contributed by atoms with Gasteiger partial charge >= 0.3 is 0 Å². The van der Waals surface area contributed by atoms with Crippen LogP contribution in [0.3, 0.4) is 0 Å². The predicted molar refractivity (Wildman–Crippen MR) is 81.3 cm³/mol. The molecule has 3 rings (SSSR count). The largest absolute Gasteiger partial charge is 0.396 e. The smallest absolute Gasteiger partial charge is 0.255 e. The summed E-state index contributed by atoms with van der Waals surface area (Å²) in [5.41, 5.74) is 7.14. The Balaban J connectivity index is 1.89. The first-order chi connectivity index (χ1) is 9.56. The van der Waals surface area contributed by atoms with Crippen LogP contribution in [0.25, 0.3) is 0 Å². The number of benzene rings is 1. The summed E-state index contributed by atoms with van der Waals surface area (Å²) in [6.07, 6.45) is 0.868. The van der Waals surface area contributed by atoms with E-state index in [4.69, 9.17) is 5.73 Å². The zero-order valence-corrected chi connectivity index (χ0v) is 12.9. The Labute approximate surface area is 128 Å². The molecule has 3 nitrogen and oxygen atoms in total. The molecule has 1 amide bonds. The van der Waals surface area contributed by atoms with Gasteiger partial charge in [-0.05, 0) is 51.5 Å². The summed E-state index contributed by atoms with van der Waals surface area (Å²) in [5, 5.41) is 2.05. The van der Waals surface area contributed by atoms with E-state index in [0.717, 1.165) is 6.42 Å². The number of thiophene rings is 1.